The van der Waals surface area contributed by atoms with Gasteiger partial charge in [0.15, 0.2) is 6.10 Å². The fraction of sp³-hybridized carbons (Fsp3) is 0.385. The number of rotatable bonds is 6. The molecule has 2 aromatic carbocycles. The largest absolute Gasteiger partial charge is 0.490 e. The smallest absolute Gasteiger partial charge is 0.410 e. The Morgan fingerprint density at radius 3 is 2.30 bits per heavy atom. The van der Waals surface area contributed by atoms with Crippen LogP contribution in [-0.4, -0.2) is 44.8 Å². The number of cyclic esters (lactones) is 1. The van der Waals surface area contributed by atoms with Crippen LogP contribution in [0.4, 0.5) is 4.79 Å². The second kappa shape index (κ2) is 14.5. The van der Waals surface area contributed by atoms with Crippen molar-refractivity contribution < 1.29 is 23.9 Å². The van der Waals surface area contributed by atoms with Crippen molar-refractivity contribution in [2.24, 2.45) is 7.05 Å². The lowest BCUT2D eigenvalue weighted by Gasteiger charge is -2.23. The standard InChI is InChI=1S/C25H28N4O3.CO2.2H2S/c1-28-24(22-17-29(25(30)32-22)16-18-8-4-2-5-9-18)23(26-27-28)19-12-14-21(15-13-19)31-20-10-6-3-7-11-20;2-1-3;;/h2,4-5,8-9,12-15,20,22H,3,6-7,10-11,16-17H2,1H3;;2*1H2. The lowest BCUT2D eigenvalue weighted by Crippen LogP contribution is -2.23. The molecule has 37 heavy (non-hydrogen) atoms. The molecule has 198 valence electrons. The second-order valence-electron chi connectivity index (χ2n) is 8.67. The molecule has 3 aromatic rings. The summed E-state index contributed by atoms with van der Waals surface area (Å²) < 4.78 is 13.6. The monoisotopic (exact) mass is 544 g/mol. The van der Waals surface area contributed by atoms with E-state index in [0.29, 0.717) is 19.2 Å². The van der Waals surface area contributed by atoms with Crippen molar-refractivity contribution in [1.82, 2.24) is 19.9 Å². The molecule has 1 aromatic heterocycles. The van der Waals surface area contributed by atoms with Crippen LogP contribution < -0.4 is 4.74 Å². The SMILES string of the molecule is Cn1nnc(-c2ccc(OC3CCCCC3)cc2)c1C1CN(Cc2ccccc2)C(=O)O1.O=C=O.S.S. The maximum atomic E-state index is 12.5. The first-order valence-corrected chi connectivity index (χ1v) is 11.7. The Labute approximate surface area is 230 Å². The van der Waals surface area contributed by atoms with Crippen molar-refractivity contribution in [1.29, 1.82) is 0 Å². The van der Waals surface area contributed by atoms with Crippen molar-refractivity contribution in [3.05, 3.63) is 65.9 Å². The first-order chi connectivity index (χ1) is 17.1. The van der Waals surface area contributed by atoms with Gasteiger partial charge in [0.25, 0.3) is 0 Å². The van der Waals surface area contributed by atoms with E-state index in [0.717, 1.165) is 41.1 Å². The van der Waals surface area contributed by atoms with Gasteiger partial charge in [-0.15, -0.1) is 5.10 Å². The molecule has 1 unspecified atom stereocenters. The van der Waals surface area contributed by atoms with Gasteiger partial charge in [-0.05, 0) is 55.5 Å². The minimum atomic E-state index is -0.417. The van der Waals surface area contributed by atoms with Crippen LogP contribution in [0.15, 0.2) is 54.6 Å². The van der Waals surface area contributed by atoms with E-state index in [-0.39, 0.29) is 39.2 Å². The van der Waals surface area contributed by atoms with Crippen molar-refractivity contribution in [2.45, 2.75) is 50.9 Å². The summed E-state index contributed by atoms with van der Waals surface area (Å²) in [5.41, 5.74) is 3.54. The number of amides is 1. The number of ether oxygens (including phenoxy) is 2. The zero-order valence-electron chi connectivity index (χ0n) is 20.6. The molecule has 2 fully saturated rings. The minimum absolute atomic E-state index is 0. The second-order valence-corrected chi connectivity index (χ2v) is 8.67. The van der Waals surface area contributed by atoms with Gasteiger partial charge in [-0.1, -0.05) is 42.0 Å². The van der Waals surface area contributed by atoms with Crippen LogP contribution in [0.5, 0.6) is 5.75 Å². The zero-order chi connectivity index (χ0) is 24.6. The van der Waals surface area contributed by atoms with E-state index in [4.69, 9.17) is 19.1 Å². The lowest BCUT2D eigenvalue weighted by atomic mass is 9.98. The number of carbonyl (C=O) groups is 1. The van der Waals surface area contributed by atoms with E-state index < -0.39 is 6.10 Å². The first-order valence-electron chi connectivity index (χ1n) is 11.7. The van der Waals surface area contributed by atoms with Gasteiger partial charge in [-0.25, -0.2) is 9.48 Å². The summed E-state index contributed by atoms with van der Waals surface area (Å²) in [6, 6.07) is 17.9. The van der Waals surface area contributed by atoms with Crippen LogP contribution in [0.1, 0.15) is 49.5 Å². The third kappa shape index (κ3) is 7.61. The van der Waals surface area contributed by atoms with Crippen molar-refractivity contribution >= 4 is 39.2 Å². The molecular formula is C26H32N4O5S2. The van der Waals surface area contributed by atoms with E-state index in [9.17, 15) is 4.79 Å². The van der Waals surface area contributed by atoms with E-state index in [1.807, 2.05) is 61.6 Å². The highest BCUT2D eigenvalue weighted by Gasteiger charge is 2.36. The van der Waals surface area contributed by atoms with E-state index >= 15 is 0 Å². The fourth-order valence-corrected chi connectivity index (χ4v) is 4.58. The molecule has 11 heteroatoms. The topological polar surface area (TPSA) is 104 Å². The van der Waals surface area contributed by atoms with Crippen molar-refractivity contribution in [3.63, 3.8) is 0 Å². The molecule has 2 aliphatic rings. The molecule has 0 N–H and O–H groups in total. The van der Waals surface area contributed by atoms with Gasteiger partial charge in [0.05, 0.1) is 12.6 Å². The maximum absolute atomic E-state index is 12.5. The van der Waals surface area contributed by atoms with Crippen LogP contribution in [0.3, 0.4) is 0 Å². The van der Waals surface area contributed by atoms with E-state index in [1.165, 1.54) is 19.3 Å². The highest BCUT2D eigenvalue weighted by molar-refractivity contribution is 7.59. The molecule has 1 aliphatic heterocycles. The number of benzene rings is 2. The van der Waals surface area contributed by atoms with Gasteiger partial charge in [0.1, 0.15) is 17.1 Å². The molecule has 0 radical (unpaired) electrons. The third-order valence-electron chi connectivity index (χ3n) is 6.26. The minimum Gasteiger partial charge on any atom is -0.490 e. The highest BCUT2D eigenvalue weighted by Crippen LogP contribution is 2.34. The molecule has 1 amide bonds. The molecule has 0 bridgehead atoms. The summed E-state index contributed by atoms with van der Waals surface area (Å²) in [7, 11) is 1.83. The van der Waals surface area contributed by atoms with Gasteiger partial charge < -0.3 is 9.47 Å². The Balaban J connectivity index is 0.000000919. The Bertz CT molecular complexity index is 1160. The Morgan fingerprint density at radius 1 is 1.00 bits per heavy atom. The predicted molar refractivity (Wildman–Crippen MR) is 146 cm³/mol. The molecule has 5 rings (SSSR count). The molecule has 1 saturated carbocycles. The third-order valence-corrected chi connectivity index (χ3v) is 6.26. The number of aromatic nitrogens is 3. The Morgan fingerprint density at radius 2 is 1.65 bits per heavy atom. The van der Waals surface area contributed by atoms with Crippen LogP contribution in [-0.2, 0) is 27.9 Å². The summed E-state index contributed by atoms with van der Waals surface area (Å²) in [5.74, 6) is 0.882. The highest BCUT2D eigenvalue weighted by atomic mass is 32.1. The van der Waals surface area contributed by atoms with Gasteiger partial charge in [0.2, 0.25) is 0 Å². The van der Waals surface area contributed by atoms with Crippen molar-refractivity contribution in [2.75, 3.05) is 6.54 Å². The molecular weight excluding hydrogens is 512 g/mol. The summed E-state index contributed by atoms with van der Waals surface area (Å²) >= 11 is 0. The molecule has 1 atom stereocenters. The number of carbonyl (C=O) groups excluding carboxylic acids is 3. The molecule has 0 spiro atoms. The first kappa shape index (κ1) is 30.0. The van der Waals surface area contributed by atoms with Crippen LogP contribution in [0, 0.1) is 0 Å². The average Bonchev–Trinajstić information content (AvgIpc) is 3.43. The fourth-order valence-electron chi connectivity index (χ4n) is 4.58. The number of aryl methyl sites for hydroxylation is 1. The van der Waals surface area contributed by atoms with Crippen molar-refractivity contribution in [3.8, 4) is 17.0 Å². The van der Waals surface area contributed by atoms with Crippen LogP contribution >= 0.6 is 27.0 Å². The van der Waals surface area contributed by atoms with Gasteiger partial charge in [-0.3, -0.25) is 4.90 Å². The number of hydrogen-bond donors (Lipinski definition) is 0. The predicted octanol–water partition coefficient (Wildman–Crippen LogP) is 4.53. The van der Waals surface area contributed by atoms with Gasteiger partial charge >= 0.3 is 12.2 Å². The van der Waals surface area contributed by atoms with Gasteiger partial charge in [-0.2, -0.15) is 36.6 Å². The lowest BCUT2D eigenvalue weighted by molar-refractivity contribution is -0.191. The Hall–Kier alpha value is -3.27. The summed E-state index contributed by atoms with van der Waals surface area (Å²) in [4.78, 5) is 30.5. The van der Waals surface area contributed by atoms with E-state index in [2.05, 4.69) is 10.3 Å². The van der Waals surface area contributed by atoms with E-state index in [1.54, 1.807) is 9.58 Å². The van der Waals surface area contributed by atoms with Crippen LogP contribution in [0.2, 0.25) is 0 Å². The normalized spacial score (nSPS) is 16.8. The molecule has 1 saturated heterocycles. The summed E-state index contributed by atoms with van der Waals surface area (Å²) in [5, 5.41) is 8.59. The molecule has 2 heterocycles. The number of hydrogen-bond acceptors (Lipinski definition) is 7. The van der Waals surface area contributed by atoms with Gasteiger partial charge in [0, 0.05) is 19.2 Å². The maximum Gasteiger partial charge on any atom is 0.410 e. The molecule has 9 nitrogen and oxygen atoms in total. The quantitative estimate of drug-likeness (QED) is 0.449. The van der Waals surface area contributed by atoms with Crippen LogP contribution in [0.25, 0.3) is 11.3 Å². The average molecular weight is 545 g/mol. The Kier molecular flexibility index (Phi) is 11.7. The number of nitrogens with zero attached hydrogens (tertiary/aromatic N) is 4. The zero-order valence-corrected chi connectivity index (χ0v) is 22.6. The molecule has 1 aliphatic carbocycles. The summed E-state index contributed by atoms with van der Waals surface area (Å²) in [6.07, 6.45) is 5.88. The summed E-state index contributed by atoms with van der Waals surface area (Å²) in [6.45, 7) is 0.981.